The average Bonchev–Trinajstić information content (AvgIpc) is 3.58. The van der Waals surface area contributed by atoms with Crippen LogP contribution in [0.3, 0.4) is 0 Å². The van der Waals surface area contributed by atoms with Gasteiger partial charge in [0.05, 0.1) is 0 Å². The van der Waals surface area contributed by atoms with Crippen LogP contribution in [0.25, 0.3) is 22.5 Å². The summed E-state index contributed by atoms with van der Waals surface area (Å²) in [7, 11) is 0. The summed E-state index contributed by atoms with van der Waals surface area (Å²) >= 11 is 0. The molecule has 0 unspecified atom stereocenters. The molecule has 0 saturated heterocycles. The lowest BCUT2D eigenvalue weighted by molar-refractivity contribution is 0.544. The maximum Gasteiger partial charge on any atom is 0.180 e. The fourth-order valence-corrected chi connectivity index (χ4v) is 4.12. The summed E-state index contributed by atoms with van der Waals surface area (Å²) in [4.78, 5) is 9.64. The number of aromatic amines is 1. The van der Waals surface area contributed by atoms with Gasteiger partial charge in [0.15, 0.2) is 11.6 Å². The number of benzene rings is 2. The monoisotopic (exact) mass is 464 g/mol. The van der Waals surface area contributed by atoms with E-state index in [1.165, 1.54) is 5.56 Å². The van der Waals surface area contributed by atoms with E-state index < -0.39 is 0 Å². The lowest BCUT2D eigenvalue weighted by atomic mass is 10.0. The molecule has 0 aliphatic heterocycles. The SMILES string of the molecule is CCCCn1nc(CCc2ccccc2)nc1Cc1ccc(-c2ccccc2-c2nnn[nH]2)cn1. The molecule has 0 aliphatic carbocycles. The predicted molar refractivity (Wildman–Crippen MR) is 134 cm³/mol. The maximum atomic E-state index is 4.89. The first-order chi connectivity index (χ1) is 17.3. The Labute approximate surface area is 204 Å². The minimum Gasteiger partial charge on any atom is -0.260 e. The van der Waals surface area contributed by atoms with Crippen molar-refractivity contribution in [2.45, 2.75) is 45.6 Å². The van der Waals surface area contributed by atoms with Crippen LogP contribution in [0.4, 0.5) is 0 Å². The van der Waals surface area contributed by atoms with E-state index in [9.17, 15) is 0 Å². The van der Waals surface area contributed by atoms with Crippen molar-refractivity contribution < 1.29 is 0 Å². The van der Waals surface area contributed by atoms with Crippen LogP contribution in [0, 0.1) is 0 Å². The number of nitrogens with one attached hydrogen (secondary N) is 1. The Morgan fingerprint density at radius 2 is 1.71 bits per heavy atom. The molecular weight excluding hydrogens is 436 g/mol. The highest BCUT2D eigenvalue weighted by molar-refractivity contribution is 5.79. The molecule has 0 aliphatic rings. The summed E-state index contributed by atoms with van der Waals surface area (Å²) in [5, 5.41) is 19.1. The molecule has 8 heteroatoms. The number of aromatic nitrogens is 8. The second kappa shape index (κ2) is 10.8. The third kappa shape index (κ3) is 5.48. The van der Waals surface area contributed by atoms with Crippen molar-refractivity contribution in [3.05, 3.63) is 95.8 Å². The minimum atomic E-state index is 0.636. The van der Waals surface area contributed by atoms with E-state index in [0.29, 0.717) is 12.2 Å². The quantitative estimate of drug-likeness (QED) is 0.322. The van der Waals surface area contributed by atoms with Gasteiger partial charge in [-0.1, -0.05) is 74.0 Å². The molecule has 0 radical (unpaired) electrons. The first-order valence-corrected chi connectivity index (χ1v) is 12.0. The number of hydrogen-bond acceptors (Lipinski definition) is 6. The second-order valence-electron chi connectivity index (χ2n) is 8.52. The molecule has 0 spiro atoms. The van der Waals surface area contributed by atoms with E-state index in [4.69, 9.17) is 15.1 Å². The summed E-state index contributed by atoms with van der Waals surface area (Å²) in [6, 6.07) is 22.7. The molecule has 0 amide bonds. The molecule has 0 fully saturated rings. The minimum absolute atomic E-state index is 0.636. The van der Waals surface area contributed by atoms with E-state index in [0.717, 1.165) is 66.3 Å². The van der Waals surface area contributed by atoms with Crippen molar-refractivity contribution >= 4 is 0 Å². The number of pyridine rings is 1. The first-order valence-electron chi connectivity index (χ1n) is 12.0. The lowest BCUT2D eigenvalue weighted by Crippen LogP contribution is -2.07. The van der Waals surface area contributed by atoms with Gasteiger partial charge in [0.1, 0.15) is 5.82 Å². The van der Waals surface area contributed by atoms with Gasteiger partial charge in [0.2, 0.25) is 0 Å². The molecule has 1 N–H and O–H groups in total. The van der Waals surface area contributed by atoms with Gasteiger partial charge in [-0.3, -0.25) is 4.98 Å². The van der Waals surface area contributed by atoms with Crippen molar-refractivity contribution in [3.8, 4) is 22.5 Å². The van der Waals surface area contributed by atoms with E-state index in [1.807, 2.05) is 30.5 Å². The zero-order valence-electron chi connectivity index (χ0n) is 19.8. The van der Waals surface area contributed by atoms with Gasteiger partial charge in [0.25, 0.3) is 0 Å². The smallest absolute Gasteiger partial charge is 0.180 e. The molecule has 8 nitrogen and oxygen atoms in total. The predicted octanol–water partition coefficient (Wildman–Crippen LogP) is 4.70. The molecule has 3 heterocycles. The van der Waals surface area contributed by atoms with Gasteiger partial charge in [-0.15, -0.1) is 5.10 Å². The van der Waals surface area contributed by atoms with Gasteiger partial charge in [-0.25, -0.2) is 14.8 Å². The highest BCUT2D eigenvalue weighted by Gasteiger charge is 2.13. The number of nitrogens with zero attached hydrogens (tertiary/aromatic N) is 7. The fourth-order valence-electron chi connectivity index (χ4n) is 4.12. The molecule has 5 rings (SSSR count). The Kier molecular flexibility index (Phi) is 6.98. The summed E-state index contributed by atoms with van der Waals surface area (Å²) in [5.41, 5.74) is 5.25. The second-order valence-corrected chi connectivity index (χ2v) is 8.52. The fraction of sp³-hybridized carbons (Fsp3) is 0.259. The third-order valence-electron chi connectivity index (χ3n) is 6.00. The van der Waals surface area contributed by atoms with E-state index in [-0.39, 0.29) is 0 Å². The van der Waals surface area contributed by atoms with E-state index in [1.54, 1.807) is 0 Å². The number of H-pyrrole nitrogens is 1. The average molecular weight is 465 g/mol. The van der Waals surface area contributed by atoms with E-state index in [2.05, 4.69) is 74.7 Å². The highest BCUT2D eigenvalue weighted by Crippen LogP contribution is 2.29. The molecule has 176 valence electrons. The van der Waals surface area contributed by atoms with Crippen LogP contribution < -0.4 is 0 Å². The Balaban J connectivity index is 1.34. The summed E-state index contributed by atoms with van der Waals surface area (Å²) in [6.07, 6.45) is 6.51. The van der Waals surface area contributed by atoms with Gasteiger partial charge in [-0.2, -0.15) is 5.10 Å². The summed E-state index contributed by atoms with van der Waals surface area (Å²) in [5.74, 6) is 2.50. The number of unbranched alkanes of at least 4 members (excludes halogenated alkanes) is 1. The Hall–Kier alpha value is -4.20. The number of hydrogen-bond donors (Lipinski definition) is 1. The van der Waals surface area contributed by atoms with Crippen LogP contribution in [0.2, 0.25) is 0 Å². The zero-order valence-corrected chi connectivity index (χ0v) is 19.8. The molecule has 0 atom stereocenters. The molecule has 0 bridgehead atoms. The molecular formula is C27H28N8. The largest absolute Gasteiger partial charge is 0.260 e. The number of tetrazole rings is 1. The van der Waals surface area contributed by atoms with Crippen LogP contribution >= 0.6 is 0 Å². The van der Waals surface area contributed by atoms with Crippen molar-refractivity contribution in [2.75, 3.05) is 0 Å². The number of aryl methyl sites for hydroxylation is 3. The third-order valence-corrected chi connectivity index (χ3v) is 6.00. The standard InChI is InChI=1S/C27H28N8/c1-2-3-17-35-26(29-25(32-35)16-13-20-9-5-4-6-10-20)18-22-15-14-21(19-28-22)23-11-7-8-12-24(23)27-30-33-34-31-27/h4-12,14-15,19H,2-3,13,16-18H2,1H3,(H,30,31,33,34). The van der Waals surface area contributed by atoms with Gasteiger partial charge in [-0.05, 0) is 40.5 Å². The number of rotatable bonds is 10. The molecule has 0 saturated carbocycles. The van der Waals surface area contributed by atoms with Crippen LogP contribution in [0.15, 0.2) is 72.9 Å². The molecule has 5 aromatic rings. The van der Waals surface area contributed by atoms with Gasteiger partial charge < -0.3 is 0 Å². The Bertz CT molecular complexity index is 1340. The van der Waals surface area contributed by atoms with Gasteiger partial charge >= 0.3 is 0 Å². The van der Waals surface area contributed by atoms with Crippen molar-refractivity contribution in [1.29, 1.82) is 0 Å². The van der Waals surface area contributed by atoms with Crippen molar-refractivity contribution in [3.63, 3.8) is 0 Å². The van der Waals surface area contributed by atoms with E-state index >= 15 is 0 Å². The topological polar surface area (TPSA) is 98.1 Å². The molecule has 2 aromatic carbocycles. The van der Waals surface area contributed by atoms with Crippen LogP contribution in [0.5, 0.6) is 0 Å². The van der Waals surface area contributed by atoms with Crippen molar-refractivity contribution in [1.82, 2.24) is 40.4 Å². The Morgan fingerprint density at radius 1 is 0.886 bits per heavy atom. The molecule has 35 heavy (non-hydrogen) atoms. The first kappa shape index (κ1) is 22.6. The van der Waals surface area contributed by atoms with Crippen molar-refractivity contribution in [2.24, 2.45) is 0 Å². The molecule has 3 aromatic heterocycles. The summed E-state index contributed by atoms with van der Waals surface area (Å²) in [6.45, 7) is 3.07. The maximum absolute atomic E-state index is 4.89. The van der Waals surface area contributed by atoms with Gasteiger partial charge in [0, 0.05) is 42.4 Å². The zero-order chi connectivity index (χ0) is 23.9. The van der Waals surface area contributed by atoms with Crippen LogP contribution in [-0.2, 0) is 25.8 Å². The normalized spacial score (nSPS) is 11.1. The highest BCUT2D eigenvalue weighted by atomic mass is 15.5. The Morgan fingerprint density at radius 3 is 2.46 bits per heavy atom. The van der Waals surface area contributed by atoms with Crippen LogP contribution in [-0.4, -0.2) is 40.4 Å². The summed E-state index contributed by atoms with van der Waals surface area (Å²) < 4.78 is 2.06. The lowest BCUT2D eigenvalue weighted by Gasteiger charge is -2.08. The van der Waals surface area contributed by atoms with Crippen LogP contribution in [0.1, 0.15) is 42.7 Å².